The Balaban J connectivity index is 1.87. The van der Waals surface area contributed by atoms with Gasteiger partial charge in [0, 0.05) is 0 Å². The highest BCUT2D eigenvalue weighted by Crippen LogP contribution is 2.28. The molecule has 0 aliphatic rings. The summed E-state index contributed by atoms with van der Waals surface area (Å²) in [5.41, 5.74) is 3.18. The lowest BCUT2D eigenvalue weighted by atomic mass is 10.2. The van der Waals surface area contributed by atoms with Crippen LogP contribution in [0.5, 0.6) is 0 Å². The summed E-state index contributed by atoms with van der Waals surface area (Å²) < 4.78 is 4.04. The number of thioether (sulfide) groups is 1. The second kappa shape index (κ2) is 6.25. The van der Waals surface area contributed by atoms with Crippen LogP contribution in [0.25, 0.3) is 16.8 Å². The first-order valence-corrected chi connectivity index (χ1v) is 8.79. The first-order chi connectivity index (χ1) is 12.1. The van der Waals surface area contributed by atoms with Gasteiger partial charge < -0.3 is 9.67 Å². The van der Waals surface area contributed by atoms with Crippen molar-refractivity contribution in [3.8, 4) is 0 Å². The van der Waals surface area contributed by atoms with E-state index in [1.165, 1.54) is 17.3 Å². The van der Waals surface area contributed by atoms with Gasteiger partial charge in [-0.2, -0.15) is 0 Å². The summed E-state index contributed by atoms with van der Waals surface area (Å²) in [6.45, 7) is 2.33. The monoisotopic (exact) mass is 352 g/mol. The third kappa shape index (κ3) is 2.76. The molecule has 2 heterocycles. The molecule has 126 valence electrons. The van der Waals surface area contributed by atoms with E-state index < -0.39 is 11.2 Å². The van der Waals surface area contributed by atoms with E-state index in [1.54, 1.807) is 6.92 Å². The molecule has 1 atom stereocenters. The molecule has 2 aromatic carbocycles. The summed E-state index contributed by atoms with van der Waals surface area (Å²) in [4.78, 5) is 11.2. The average Bonchev–Trinajstić information content (AvgIpc) is 3.16. The molecule has 0 aliphatic carbocycles. The van der Waals surface area contributed by atoms with Gasteiger partial charge in [0.2, 0.25) is 5.78 Å². The summed E-state index contributed by atoms with van der Waals surface area (Å²) in [5, 5.41) is 17.7. The van der Waals surface area contributed by atoms with E-state index in [9.17, 15) is 9.90 Å². The number of hydrogen-bond donors (Lipinski definition) is 1. The highest BCUT2D eigenvalue weighted by atomic mass is 32.2. The zero-order valence-corrected chi connectivity index (χ0v) is 14.3. The minimum atomic E-state index is -0.866. The van der Waals surface area contributed by atoms with E-state index in [1.807, 2.05) is 46.9 Å². The number of hydrogen-bond acceptors (Lipinski definition) is 4. The largest absolute Gasteiger partial charge is 0.480 e. The molecule has 0 saturated carbocycles. The van der Waals surface area contributed by atoms with Gasteiger partial charge in [0.25, 0.3) is 0 Å². The Morgan fingerprint density at radius 2 is 1.76 bits per heavy atom. The molecule has 0 radical (unpaired) electrons. The van der Waals surface area contributed by atoms with Crippen LogP contribution in [0.4, 0.5) is 0 Å². The highest BCUT2D eigenvalue weighted by Gasteiger charge is 2.21. The molecule has 25 heavy (non-hydrogen) atoms. The summed E-state index contributed by atoms with van der Waals surface area (Å²) in [5.74, 6) is -0.153. The molecule has 0 spiro atoms. The van der Waals surface area contributed by atoms with Crippen molar-refractivity contribution in [2.75, 3.05) is 0 Å². The van der Waals surface area contributed by atoms with Crippen molar-refractivity contribution in [2.45, 2.75) is 23.9 Å². The van der Waals surface area contributed by atoms with Crippen LogP contribution in [0, 0.1) is 0 Å². The van der Waals surface area contributed by atoms with E-state index in [-0.39, 0.29) is 0 Å². The molecule has 0 unspecified atom stereocenters. The number of aromatic nitrogens is 4. The number of rotatable bonds is 5. The fourth-order valence-corrected chi connectivity index (χ4v) is 3.63. The Morgan fingerprint density at radius 1 is 1.08 bits per heavy atom. The van der Waals surface area contributed by atoms with Gasteiger partial charge in [-0.3, -0.25) is 9.20 Å². The zero-order valence-electron chi connectivity index (χ0n) is 13.5. The van der Waals surface area contributed by atoms with Crippen LogP contribution >= 0.6 is 11.8 Å². The predicted molar refractivity (Wildman–Crippen MR) is 97.0 cm³/mol. The van der Waals surface area contributed by atoms with Crippen LogP contribution in [0.2, 0.25) is 0 Å². The lowest BCUT2D eigenvalue weighted by Crippen LogP contribution is -2.11. The Kier molecular flexibility index (Phi) is 3.93. The fraction of sp³-hybridized carbons (Fsp3) is 0.167. The maximum atomic E-state index is 11.2. The number of para-hydroxylation sites is 2. The molecule has 0 fully saturated rings. The van der Waals surface area contributed by atoms with Gasteiger partial charge in [-0.15, -0.1) is 10.2 Å². The SMILES string of the molecule is C[C@H](Sc1nnc2n(Cc3ccccc3)c3ccccc3n12)C(=O)O. The van der Waals surface area contributed by atoms with E-state index in [0.717, 1.165) is 11.0 Å². The summed E-state index contributed by atoms with van der Waals surface area (Å²) in [6.07, 6.45) is 0. The van der Waals surface area contributed by atoms with Gasteiger partial charge in [0.1, 0.15) is 5.25 Å². The molecule has 0 saturated heterocycles. The Labute approximate surface area is 148 Å². The van der Waals surface area contributed by atoms with Crippen LogP contribution < -0.4 is 0 Å². The van der Waals surface area contributed by atoms with E-state index in [4.69, 9.17) is 0 Å². The standard InChI is InChI=1S/C18H16N4O2S/c1-12(16(23)24)25-18-20-19-17-21(11-13-7-3-2-4-8-13)14-9-5-6-10-15(14)22(17)18/h2-10,12H,11H2,1H3,(H,23,24)/t12-/m0/s1. The fourth-order valence-electron chi connectivity index (χ4n) is 2.84. The van der Waals surface area contributed by atoms with Crippen molar-refractivity contribution in [3.05, 3.63) is 60.2 Å². The Morgan fingerprint density at radius 3 is 2.48 bits per heavy atom. The molecule has 0 amide bonds. The maximum Gasteiger partial charge on any atom is 0.316 e. The molecule has 2 aromatic heterocycles. The van der Waals surface area contributed by atoms with Gasteiger partial charge in [0.05, 0.1) is 17.6 Å². The Bertz CT molecular complexity index is 1060. The molecule has 0 aliphatic heterocycles. The summed E-state index contributed by atoms with van der Waals surface area (Å²) in [7, 11) is 0. The lowest BCUT2D eigenvalue weighted by Gasteiger charge is -2.04. The number of carboxylic acids is 1. The van der Waals surface area contributed by atoms with Gasteiger partial charge in [-0.25, -0.2) is 0 Å². The molecule has 0 bridgehead atoms. The lowest BCUT2D eigenvalue weighted by molar-refractivity contribution is -0.136. The second-order valence-electron chi connectivity index (χ2n) is 5.78. The van der Waals surface area contributed by atoms with Crippen molar-refractivity contribution in [1.82, 2.24) is 19.2 Å². The van der Waals surface area contributed by atoms with Gasteiger partial charge >= 0.3 is 5.97 Å². The number of carboxylic acid groups (broad SMARTS) is 1. The smallest absolute Gasteiger partial charge is 0.316 e. The molecule has 1 N–H and O–H groups in total. The number of benzene rings is 2. The minimum absolute atomic E-state index is 0.591. The predicted octanol–water partition coefficient (Wildman–Crippen LogP) is 3.30. The first kappa shape index (κ1) is 15.7. The second-order valence-corrected chi connectivity index (χ2v) is 7.08. The van der Waals surface area contributed by atoms with E-state index in [0.29, 0.717) is 17.5 Å². The summed E-state index contributed by atoms with van der Waals surface area (Å²) in [6, 6.07) is 18.2. The maximum absolute atomic E-state index is 11.2. The minimum Gasteiger partial charge on any atom is -0.480 e. The quantitative estimate of drug-likeness (QED) is 0.558. The van der Waals surface area contributed by atoms with Crippen LogP contribution in [0.1, 0.15) is 12.5 Å². The third-order valence-corrected chi connectivity index (χ3v) is 5.11. The van der Waals surface area contributed by atoms with Crippen LogP contribution in [-0.2, 0) is 11.3 Å². The normalized spacial score (nSPS) is 12.7. The van der Waals surface area contributed by atoms with Crippen molar-refractivity contribution in [3.63, 3.8) is 0 Å². The van der Waals surface area contributed by atoms with Gasteiger partial charge in [0.15, 0.2) is 5.16 Å². The van der Waals surface area contributed by atoms with E-state index in [2.05, 4.69) is 26.9 Å². The number of aliphatic carboxylic acids is 1. The number of nitrogens with zero attached hydrogens (tertiary/aromatic N) is 4. The first-order valence-electron chi connectivity index (χ1n) is 7.91. The molecule has 4 rings (SSSR count). The van der Waals surface area contributed by atoms with Gasteiger partial charge in [-0.05, 0) is 24.6 Å². The molecular formula is C18H16N4O2S. The van der Waals surface area contributed by atoms with E-state index >= 15 is 0 Å². The average molecular weight is 352 g/mol. The molecule has 6 nitrogen and oxygen atoms in total. The van der Waals surface area contributed by atoms with Crippen LogP contribution in [0.15, 0.2) is 59.8 Å². The number of imidazole rings is 1. The molecular weight excluding hydrogens is 336 g/mol. The van der Waals surface area contributed by atoms with Crippen molar-refractivity contribution in [1.29, 1.82) is 0 Å². The molecule has 7 heteroatoms. The zero-order chi connectivity index (χ0) is 17.4. The topological polar surface area (TPSA) is 72.4 Å². The number of fused-ring (bicyclic) bond motifs is 3. The van der Waals surface area contributed by atoms with Crippen molar-refractivity contribution >= 4 is 34.5 Å². The van der Waals surface area contributed by atoms with Gasteiger partial charge in [-0.1, -0.05) is 54.2 Å². The van der Waals surface area contributed by atoms with Crippen molar-refractivity contribution < 1.29 is 9.90 Å². The Hall–Kier alpha value is -2.80. The third-order valence-electron chi connectivity index (χ3n) is 4.08. The van der Waals surface area contributed by atoms with Crippen LogP contribution in [-0.4, -0.2) is 35.5 Å². The number of carbonyl (C=O) groups is 1. The van der Waals surface area contributed by atoms with Crippen molar-refractivity contribution in [2.24, 2.45) is 0 Å². The summed E-state index contributed by atoms with van der Waals surface area (Å²) >= 11 is 1.20. The van der Waals surface area contributed by atoms with Crippen LogP contribution in [0.3, 0.4) is 0 Å². The highest BCUT2D eigenvalue weighted by molar-refractivity contribution is 8.00. The molecule has 4 aromatic rings.